The number of carbonyl (C=O) groups excluding carboxylic acids is 2. The minimum absolute atomic E-state index is 0.0918. The maximum Gasteiger partial charge on any atom is 0.349 e. The number of benzene rings is 2. The van der Waals surface area contributed by atoms with E-state index in [-0.39, 0.29) is 28.4 Å². The standard InChI is InChI=1S/C24H18N2O7S/c1-3-32-24(29)20-19(14-8-10-16(11-9-14)26(30)31)13(2)34-22(20)25-21(27)17-12-15-6-4-5-7-18(15)33-23(17)28/h4-12H,3H2,1-2H3,(H,25,27). The van der Waals surface area contributed by atoms with Gasteiger partial charge < -0.3 is 14.5 Å². The average Bonchev–Trinajstić information content (AvgIpc) is 3.14. The topological polar surface area (TPSA) is 129 Å². The molecule has 0 saturated heterocycles. The quantitative estimate of drug-likeness (QED) is 0.175. The molecule has 1 amide bonds. The Hall–Kier alpha value is -4.31. The number of para-hydroxylation sites is 1. The van der Waals surface area contributed by atoms with E-state index in [1.807, 2.05) is 0 Å². The predicted molar refractivity (Wildman–Crippen MR) is 128 cm³/mol. The van der Waals surface area contributed by atoms with E-state index in [1.54, 1.807) is 38.1 Å². The number of aryl methyl sites for hydroxylation is 1. The van der Waals surface area contributed by atoms with Gasteiger partial charge in [-0.25, -0.2) is 9.59 Å². The van der Waals surface area contributed by atoms with Gasteiger partial charge in [0, 0.05) is 28.0 Å². The molecular weight excluding hydrogens is 460 g/mol. The van der Waals surface area contributed by atoms with Gasteiger partial charge in [0.2, 0.25) is 0 Å². The van der Waals surface area contributed by atoms with Crippen LogP contribution < -0.4 is 10.9 Å². The van der Waals surface area contributed by atoms with E-state index in [1.165, 1.54) is 30.3 Å². The van der Waals surface area contributed by atoms with Gasteiger partial charge in [-0.05, 0) is 43.7 Å². The van der Waals surface area contributed by atoms with Gasteiger partial charge in [0.05, 0.1) is 11.5 Å². The van der Waals surface area contributed by atoms with Crippen LogP contribution >= 0.6 is 11.3 Å². The number of amides is 1. The molecule has 0 bridgehead atoms. The first-order valence-electron chi connectivity index (χ1n) is 10.2. The highest BCUT2D eigenvalue weighted by Crippen LogP contribution is 2.41. The summed E-state index contributed by atoms with van der Waals surface area (Å²) in [4.78, 5) is 49.4. The first-order chi connectivity index (χ1) is 16.3. The van der Waals surface area contributed by atoms with Crippen LogP contribution in [0.5, 0.6) is 0 Å². The molecule has 0 aliphatic heterocycles. The number of non-ortho nitro benzene ring substituents is 1. The molecule has 0 atom stereocenters. The number of esters is 1. The zero-order valence-corrected chi connectivity index (χ0v) is 18.9. The van der Waals surface area contributed by atoms with Crippen LogP contribution in [0.3, 0.4) is 0 Å². The number of thiophene rings is 1. The molecular formula is C24H18N2O7S. The molecule has 1 N–H and O–H groups in total. The Balaban J connectivity index is 1.77. The molecule has 0 aliphatic carbocycles. The third-order valence-corrected chi connectivity index (χ3v) is 6.06. The Morgan fingerprint density at radius 2 is 1.85 bits per heavy atom. The highest BCUT2D eigenvalue weighted by Gasteiger charge is 2.27. The SMILES string of the molecule is CCOC(=O)c1c(NC(=O)c2cc3ccccc3oc2=O)sc(C)c1-c1ccc([N+](=O)[O-])cc1. The van der Waals surface area contributed by atoms with Crippen LogP contribution in [0, 0.1) is 17.0 Å². The molecule has 2 heterocycles. The fourth-order valence-electron chi connectivity index (χ4n) is 3.52. The van der Waals surface area contributed by atoms with Crippen molar-refractivity contribution in [3.63, 3.8) is 0 Å². The van der Waals surface area contributed by atoms with E-state index in [2.05, 4.69) is 5.32 Å². The molecule has 4 rings (SSSR count). The van der Waals surface area contributed by atoms with Gasteiger partial charge in [-0.15, -0.1) is 11.3 Å². The van der Waals surface area contributed by atoms with Crippen LogP contribution in [0.25, 0.3) is 22.1 Å². The van der Waals surface area contributed by atoms with Crippen LogP contribution in [-0.4, -0.2) is 23.4 Å². The lowest BCUT2D eigenvalue weighted by atomic mass is 10.0. The summed E-state index contributed by atoms with van der Waals surface area (Å²) < 4.78 is 10.4. The summed E-state index contributed by atoms with van der Waals surface area (Å²) in [5, 5.41) is 14.4. The molecule has 4 aromatic rings. The Morgan fingerprint density at radius 1 is 1.15 bits per heavy atom. The first kappa shape index (κ1) is 22.9. The van der Waals surface area contributed by atoms with E-state index in [9.17, 15) is 24.5 Å². The summed E-state index contributed by atoms with van der Waals surface area (Å²) in [7, 11) is 0. The van der Waals surface area contributed by atoms with E-state index in [0.29, 0.717) is 27.0 Å². The normalized spacial score (nSPS) is 10.8. The van der Waals surface area contributed by atoms with Gasteiger partial charge in [0.15, 0.2) is 0 Å². The van der Waals surface area contributed by atoms with Gasteiger partial charge in [0.1, 0.15) is 21.7 Å². The third kappa shape index (κ3) is 4.30. The summed E-state index contributed by atoms with van der Waals surface area (Å²) in [6.45, 7) is 3.51. The van der Waals surface area contributed by atoms with Crippen LogP contribution in [-0.2, 0) is 4.74 Å². The van der Waals surface area contributed by atoms with Gasteiger partial charge in [-0.1, -0.05) is 18.2 Å². The monoisotopic (exact) mass is 478 g/mol. The molecule has 34 heavy (non-hydrogen) atoms. The smallest absolute Gasteiger partial charge is 0.349 e. The van der Waals surface area contributed by atoms with Crippen molar-refractivity contribution in [1.82, 2.24) is 0 Å². The molecule has 0 radical (unpaired) electrons. The van der Waals surface area contributed by atoms with Crippen molar-refractivity contribution in [1.29, 1.82) is 0 Å². The van der Waals surface area contributed by atoms with Gasteiger partial charge >= 0.3 is 11.6 Å². The van der Waals surface area contributed by atoms with Crippen molar-refractivity contribution in [2.24, 2.45) is 0 Å². The zero-order chi connectivity index (χ0) is 24.4. The molecule has 2 aromatic heterocycles. The second-order valence-corrected chi connectivity index (χ2v) is 8.43. The van der Waals surface area contributed by atoms with Crippen molar-refractivity contribution >= 4 is 44.9 Å². The van der Waals surface area contributed by atoms with E-state index < -0.39 is 22.4 Å². The molecule has 2 aromatic carbocycles. The van der Waals surface area contributed by atoms with Crippen LogP contribution in [0.1, 0.15) is 32.5 Å². The number of nitrogens with one attached hydrogen (secondary N) is 1. The molecule has 0 aliphatic rings. The number of anilines is 1. The molecule has 0 saturated carbocycles. The first-order valence-corrected chi connectivity index (χ1v) is 11.0. The molecule has 9 nitrogen and oxygen atoms in total. The molecule has 0 spiro atoms. The van der Waals surface area contributed by atoms with Crippen molar-refractivity contribution < 1.29 is 23.7 Å². The lowest BCUT2D eigenvalue weighted by molar-refractivity contribution is -0.384. The fourth-order valence-corrected chi connectivity index (χ4v) is 4.58. The zero-order valence-electron chi connectivity index (χ0n) is 18.1. The Labute approximate surface area is 196 Å². The second kappa shape index (κ2) is 9.28. The molecule has 10 heteroatoms. The van der Waals surface area contributed by atoms with Crippen LogP contribution in [0.4, 0.5) is 10.7 Å². The van der Waals surface area contributed by atoms with Crippen molar-refractivity contribution in [2.45, 2.75) is 13.8 Å². The van der Waals surface area contributed by atoms with Gasteiger partial charge in [-0.3, -0.25) is 14.9 Å². The highest BCUT2D eigenvalue weighted by molar-refractivity contribution is 7.17. The van der Waals surface area contributed by atoms with E-state index in [0.717, 1.165) is 11.3 Å². The molecule has 172 valence electrons. The fraction of sp³-hybridized carbons (Fsp3) is 0.125. The van der Waals surface area contributed by atoms with Crippen LogP contribution in [0.15, 0.2) is 63.8 Å². The average molecular weight is 478 g/mol. The molecule has 0 unspecified atom stereocenters. The summed E-state index contributed by atoms with van der Waals surface area (Å²) in [6, 6.07) is 13.9. The molecule has 0 fully saturated rings. The number of nitro groups is 1. The van der Waals surface area contributed by atoms with Crippen molar-refractivity contribution in [3.8, 4) is 11.1 Å². The minimum Gasteiger partial charge on any atom is -0.462 e. The number of nitrogens with zero attached hydrogens (tertiary/aromatic N) is 1. The summed E-state index contributed by atoms with van der Waals surface area (Å²) in [5.74, 6) is -1.40. The largest absolute Gasteiger partial charge is 0.462 e. The number of ether oxygens (including phenoxy) is 1. The number of hydrogen-bond acceptors (Lipinski definition) is 8. The highest BCUT2D eigenvalue weighted by atomic mass is 32.1. The van der Waals surface area contributed by atoms with E-state index in [4.69, 9.17) is 9.15 Å². The predicted octanol–water partition coefficient (Wildman–Crippen LogP) is 5.17. The van der Waals surface area contributed by atoms with Gasteiger partial charge in [-0.2, -0.15) is 0 Å². The lowest BCUT2D eigenvalue weighted by Gasteiger charge is -2.09. The summed E-state index contributed by atoms with van der Waals surface area (Å²) >= 11 is 1.13. The number of hydrogen-bond donors (Lipinski definition) is 1. The number of carbonyl (C=O) groups is 2. The second-order valence-electron chi connectivity index (χ2n) is 7.20. The maximum absolute atomic E-state index is 13.0. The van der Waals surface area contributed by atoms with Gasteiger partial charge in [0.25, 0.3) is 11.6 Å². The maximum atomic E-state index is 13.0. The lowest BCUT2D eigenvalue weighted by Crippen LogP contribution is -2.21. The Morgan fingerprint density at radius 3 is 2.53 bits per heavy atom. The number of nitro benzene ring substituents is 1. The van der Waals surface area contributed by atoms with Crippen molar-refractivity contribution in [2.75, 3.05) is 11.9 Å². The van der Waals surface area contributed by atoms with Crippen molar-refractivity contribution in [3.05, 3.63) is 91.1 Å². The summed E-state index contributed by atoms with van der Waals surface area (Å²) in [5.41, 5.74) is 0.382. The third-order valence-electron chi connectivity index (χ3n) is 5.04. The summed E-state index contributed by atoms with van der Waals surface area (Å²) in [6.07, 6.45) is 0. The Kier molecular flexibility index (Phi) is 6.24. The number of fused-ring (bicyclic) bond motifs is 1. The number of rotatable bonds is 6. The van der Waals surface area contributed by atoms with E-state index >= 15 is 0 Å². The van der Waals surface area contributed by atoms with Crippen LogP contribution in [0.2, 0.25) is 0 Å². The Bertz CT molecular complexity index is 1490. The minimum atomic E-state index is -0.808.